The van der Waals surface area contributed by atoms with E-state index in [0.29, 0.717) is 0 Å². The fourth-order valence-corrected chi connectivity index (χ4v) is 7.77. The van der Waals surface area contributed by atoms with Crippen molar-refractivity contribution in [3.05, 3.63) is 181 Å². The first-order valence-corrected chi connectivity index (χ1v) is 16.4. The molecule has 0 saturated heterocycles. The highest BCUT2D eigenvalue weighted by molar-refractivity contribution is 6.10. The van der Waals surface area contributed by atoms with Crippen molar-refractivity contribution in [2.24, 2.45) is 0 Å². The Balaban J connectivity index is 1.28. The van der Waals surface area contributed by atoms with Crippen molar-refractivity contribution in [2.45, 2.75) is 19.3 Å². The fraction of sp³-hybridized carbons (Fsp3) is 0.0667. The molecule has 2 heteroatoms. The van der Waals surface area contributed by atoms with Gasteiger partial charge in [-0.2, -0.15) is 0 Å². The molecule has 0 aliphatic heterocycles. The summed E-state index contributed by atoms with van der Waals surface area (Å²) in [6.07, 6.45) is 0. The number of fused-ring (bicyclic) bond motifs is 6. The Bertz CT molecular complexity index is 2420. The minimum Gasteiger partial charge on any atom is -0.310 e. The average Bonchev–Trinajstić information content (AvgIpc) is 3.57. The van der Waals surface area contributed by atoms with Crippen molar-refractivity contribution in [3.63, 3.8) is 0 Å². The second-order valence-electron chi connectivity index (χ2n) is 13.0. The summed E-state index contributed by atoms with van der Waals surface area (Å²) in [4.78, 5) is 2.41. The molecule has 0 amide bonds. The Morgan fingerprint density at radius 3 is 1.87 bits per heavy atom. The average molecular weight is 603 g/mol. The van der Waals surface area contributed by atoms with Crippen LogP contribution in [-0.2, 0) is 5.41 Å². The molecular weight excluding hydrogens is 569 g/mol. The zero-order valence-electron chi connectivity index (χ0n) is 26.6. The van der Waals surface area contributed by atoms with Crippen molar-refractivity contribution in [1.82, 2.24) is 4.57 Å². The molecule has 8 aromatic rings. The van der Waals surface area contributed by atoms with E-state index >= 15 is 0 Å². The van der Waals surface area contributed by atoms with E-state index in [1.807, 2.05) is 0 Å². The lowest BCUT2D eigenvalue weighted by Crippen LogP contribution is -2.15. The topological polar surface area (TPSA) is 8.17 Å². The van der Waals surface area contributed by atoms with Crippen LogP contribution in [-0.4, -0.2) is 4.57 Å². The van der Waals surface area contributed by atoms with E-state index in [4.69, 9.17) is 0 Å². The molecule has 9 rings (SSSR count). The molecule has 0 N–H and O–H groups in total. The number of hydrogen-bond donors (Lipinski definition) is 0. The van der Waals surface area contributed by atoms with Crippen LogP contribution in [0, 0.1) is 0 Å². The fourth-order valence-electron chi connectivity index (χ4n) is 7.77. The van der Waals surface area contributed by atoms with Gasteiger partial charge in [0, 0.05) is 38.9 Å². The minimum absolute atomic E-state index is 0.0961. The SMILES string of the molecule is CC1(C)c2ccc(N(c3ccccc3)c3ccc4c5ccccc5n(-c5ccccc5)c4c3)cc2-c2c(-c3ccccc3)cccc21. The molecule has 7 aromatic carbocycles. The van der Waals surface area contributed by atoms with E-state index in [2.05, 4.69) is 193 Å². The largest absolute Gasteiger partial charge is 0.310 e. The lowest BCUT2D eigenvalue weighted by Gasteiger charge is -2.27. The van der Waals surface area contributed by atoms with Gasteiger partial charge in [-0.1, -0.05) is 129 Å². The number of benzene rings is 7. The van der Waals surface area contributed by atoms with Crippen LogP contribution >= 0.6 is 0 Å². The molecule has 0 bridgehead atoms. The third-order valence-corrected chi connectivity index (χ3v) is 9.97. The predicted molar refractivity (Wildman–Crippen MR) is 198 cm³/mol. The highest BCUT2D eigenvalue weighted by Crippen LogP contribution is 2.53. The highest BCUT2D eigenvalue weighted by Gasteiger charge is 2.37. The molecule has 0 fully saturated rings. The second-order valence-corrected chi connectivity index (χ2v) is 13.0. The van der Waals surface area contributed by atoms with Crippen molar-refractivity contribution in [3.8, 4) is 27.9 Å². The van der Waals surface area contributed by atoms with Crippen LogP contribution in [0.1, 0.15) is 25.0 Å². The van der Waals surface area contributed by atoms with Gasteiger partial charge in [-0.15, -0.1) is 0 Å². The number of rotatable bonds is 5. The Hall–Kier alpha value is -5.86. The Labute approximate surface area is 275 Å². The third-order valence-electron chi connectivity index (χ3n) is 9.97. The molecular formula is C45H34N2. The summed E-state index contributed by atoms with van der Waals surface area (Å²) in [5, 5.41) is 2.51. The normalized spacial score (nSPS) is 13.1. The zero-order chi connectivity index (χ0) is 31.5. The van der Waals surface area contributed by atoms with E-state index in [0.717, 1.165) is 22.7 Å². The van der Waals surface area contributed by atoms with Crippen molar-refractivity contribution >= 4 is 38.9 Å². The molecule has 0 spiro atoms. The van der Waals surface area contributed by atoms with E-state index in [9.17, 15) is 0 Å². The number of para-hydroxylation sites is 3. The standard InChI is InChI=1S/C45H34N2/c1-45(2)40-28-26-34(29-39(40)44-36(22-14-23-41(44)45)31-15-6-3-7-16-31)46(32-17-8-4-9-18-32)35-25-27-38-37-21-12-13-24-42(37)47(43(38)30-35)33-19-10-5-11-20-33/h3-30H,1-2H3. The summed E-state index contributed by atoms with van der Waals surface area (Å²) in [7, 11) is 0. The molecule has 224 valence electrons. The van der Waals surface area contributed by atoms with Crippen LogP contribution in [0.2, 0.25) is 0 Å². The first-order valence-electron chi connectivity index (χ1n) is 16.4. The summed E-state index contributed by atoms with van der Waals surface area (Å²) in [5.74, 6) is 0. The number of anilines is 3. The molecule has 0 atom stereocenters. The van der Waals surface area contributed by atoms with E-state index in [1.165, 1.54) is 55.2 Å². The molecule has 0 saturated carbocycles. The van der Waals surface area contributed by atoms with Gasteiger partial charge in [0.1, 0.15) is 0 Å². The third kappa shape index (κ3) is 4.26. The van der Waals surface area contributed by atoms with Gasteiger partial charge in [0.25, 0.3) is 0 Å². The summed E-state index contributed by atoms with van der Waals surface area (Å²) < 4.78 is 2.39. The van der Waals surface area contributed by atoms with Gasteiger partial charge in [0.2, 0.25) is 0 Å². The first-order chi connectivity index (χ1) is 23.1. The Kier molecular flexibility index (Phi) is 6.20. The molecule has 1 aliphatic rings. The van der Waals surface area contributed by atoms with Crippen LogP contribution in [0.15, 0.2) is 170 Å². The van der Waals surface area contributed by atoms with Gasteiger partial charge >= 0.3 is 0 Å². The molecule has 1 heterocycles. The van der Waals surface area contributed by atoms with Crippen molar-refractivity contribution in [1.29, 1.82) is 0 Å². The van der Waals surface area contributed by atoms with Crippen LogP contribution < -0.4 is 4.90 Å². The molecule has 0 unspecified atom stereocenters. The molecule has 1 aromatic heterocycles. The maximum atomic E-state index is 2.42. The molecule has 1 aliphatic carbocycles. The van der Waals surface area contributed by atoms with Gasteiger partial charge in [0.05, 0.1) is 11.0 Å². The molecule has 47 heavy (non-hydrogen) atoms. The van der Waals surface area contributed by atoms with Crippen LogP contribution in [0.5, 0.6) is 0 Å². The first kappa shape index (κ1) is 27.5. The quantitative estimate of drug-likeness (QED) is 0.190. The van der Waals surface area contributed by atoms with Crippen molar-refractivity contribution < 1.29 is 0 Å². The predicted octanol–water partition coefficient (Wildman–Crippen LogP) is 12.2. The van der Waals surface area contributed by atoms with Gasteiger partial charge in [0.15, 0.2) is 0 Å². The molecule has 0 radical (unpaired) electrons. The summed E-state index contributed by atoms with van der Waals surface area (Å²) in [6, 6.07) is 61.8. The highest BCUT2D eigenvalue weighted by atomic mass is 15.1. The zero-order valence-corrected chi connectivity index (χ0v) is 26.6. The van der Waals surface area contributed by atoms with Crippen molar-refractivity contribution in [2.75, 3.05) is 4.90 Å². The minimum atomic E-state index is -0.0961. The van der Waals surface area contributed by atoms with Gasteiger partial charge in [-0.05, 0) is 88.0 Å². The smallest absolute Gasteiger partial charge is 0.0561 e. The monoisotopic (exact) mass is 602 g/mol. The van der Waals surface area contributed by atoms with E-state index in [1.54, 1.807) is 0 Å². The molecule has 2 nitrogen and oxygen atoms in total. The summed E-state index contributed by atoms with van der Waals surface area (Å²) in [5.41, 5.74) is 14.8. The number of hydrogen-bond acceptors (Lipinski definition) is 1. The number of nitrogens with zero attached hydrogens (tertiary/aromatic N) is 2. The summed E-state index contributed by atoms with van der Waals surface area (Å²) in [6.45, 7) is 4.72. The maximum Gasteiger partial charge on any atom is 0.0561 e. The number of aromatic nitrogens is 1. The van der Waals surface area contributed by atoms with Gasteiger partial charge < -0.3 is 9.47 Å². The Morgan fingerprint density at radius 2 is 1.09 bits per heavy atom. The van der Waals surface area contributed by atoms with Gasteiger partial charge in [-0.3, -0.25) is 0 Å². The van der Waals surface area contributed by atoms with Gasteiger partial charge in [-0.25, -0.2) is 0 Å². The van der Waals surface area contributed by atoms with E-state index < -0.39 is 0 Å². The van der Waals surface area contributed by atoms with Crippen LogP contribution in [0.25, 0.3) is 49.7 Å². The lowest BCUT2D eigenvalue weighted by molar-refractivity contribution is 0.660. The summed E-state index contributed by atoms with van der Waals surface area (Å²) >= 11 is 0. The lowest BCUT2D eigenvalue weighted by atomic mass is 9.82. The van der Waals surface area contributed by atoms with Crippen LogP contribution in [0.3, 0.4) is 0 Å². The van der Waals surface area contributed by atoms with Crippen LogP contribution in [0.4, 0.5) is 17.1 Å². The maximum absolute atomic E-state index is 2.42. The Morgan fingerprint density at radius 1 is 0.447 bits per heavy atom. The van der Waals surface area contributed by atoms with E-state index in [-0.39, 0.29) is 5.41 Å². The second kappa shape index (κ2) is 10.6.